The first-order valence-corrected chi connectivity index (χ1v) is 7.44. The van der Waals surface area contributed by atoms with Crippen molar-refractivity contribution in [3.05, 3.63) is 35.9 Å². The highest BCUT2D eigenvalue weighted by atomic mass is 16.1. The normalized spacial score (nSPS) is 12.2. The lowest BCUT2D eigenvalue weighted by Crippen LogP contribution is -2.28. The Hall–Kier alpha value is -1.23. The molecule has 0 aliphatic heterocycles. The van der Waals surface area contributed by atoms with Crippen LogP contribution in [0.5, 0.6) is 0 Å². The zero-order valence-electron chi connectivity index (χ0n) is 14.1. The SMILES string of the molecule is CC(C)C(N)C=O.CN(C)CCN(C)Cc1ccccc1. The highest BCUT2D eigenvalue weighted by Gasteiger charge is 2.02. The number of benzene rings is 1. The van der Waals surface area contributed by atoms with E-state index in [9.17, 15) is 4.79 Å². The van der Waals surface area contributed by atoms with Crippen LogP contribution in [0.25, 0.3) is 0 Å². The zero-order chi connectivity index (χ0) is 16.3. The van der Waals surface area contributed by atoms with Gasteiger partial charge < -0.3 is 20.3 Å². The van der Waals surface area contributed by atoms with Gasteiger partial charge in [0.05, 0.1) is 6.04 Å². The third kappa shape index (κ3) is 11.1. The van der Waals surface area contributed by atoms with E-state index in [0.717, 1.165) is 25.9 Å². The molecule has 0 aliphatic carbocycles. The molecule has 0 fully saturated rings. The highest BCUT2D eigenvalue weighted by molar-refractivity contribution is 5.57. The van der Waals surface area contributed by atoms with Crippen molar-refractivity contribution >= 4 is 6.29 Å². The van der Waals surface area contributed by atoms with Gasteiger partial charge in [0, 0.05) is 19.6 Å². The first kappa shape index (κ1) is 19.8. The van der Waals surface area contributed by atoms with Crippen molar-refractivity contribution in [3.63, 3.8) is 0 Å². The van der Waals surface area contributed by atoms with Gasteiger partial charge in [-0.2, -0.15) is 0 Å². The highest BCUT2D eigenvalue weighted by Crippen LogP contribution is 2.01. The number of carbonyl (C=O) groups is 1. The molecule has 0 bridgehead atoms. The summed E-state index contributed by atoms with van der Waals surface area (Å²) >= 11 is 0. The number of nitrogens with zero attached hydrogens (tertiary/aromatic N) is 2. The van der Waals surface area contributed by atoms with E-state index >= 15 is 0 Å². The molecule has 0 amide bonds. The van der Waals surface area contributed by atoms with E-state index < -0.39 is 0 Å². The van der Waals surface area contributed by atoms with Gasteiger partial charge in [-0.3, -0.25) is 0 Å². The maximum Gasteiger partial charge on any atom is 0.136 e. The number of hydrogen-bond donors (Lipinski definition) is 1. The van der Waals surface area contributed by atoms with E-state index in [1.807, 2.05) is 13.8 Å². The summed E-state index contributed by atoms with van der Waals surface area (Å²) in [5.74, 6) is 0.275. The Labute approximate surface area is 129 Å². The summed E-state index contributed by atoms with van der Waals surface area (Å²) in [6, 6.07) is 10.3. The van der Waals surface area contributed by atoms with E-state index in [4.69, 9.17) is 5.73 Å². The van der Waals surface area contributed by atoms with Gasteiger partial charge in [0.1, 0.15) is 6.29 Å². The Kier molecular flexibility index (Phi) is 10.8. The third-order valence-corrected chi connectivity index (χ3v) is 3.15. The Bertz CT molecular complexity index is 366. The van der Waals surface area contributed by atoms with Crippen LogP contribution < -0.4 is 5.73 Å². The molecule has 21 heavy (non-hydrogen) atoms. The molecule has 4 heteroatoms. The Morgan fingerprint density at radius 1 is 1.10 bits per heavy atom. The number of nitrogens with two attached hydrogens (primary N) is 1. The average molecular weight is 293 g/mol. The van der Waals surface area contributed by atoms with Crippen LogP contribution in [0.15, 0.2) is 30.3 Å². The summed E-state index contributed by atoms with van der Waals surface area (Å²) in [5, 5.41) is 0. The predicted molar refractivity (Wildman–Crippen MR) is 90.2 cm³/mol. The van der Waals surface area contributed by atoms with Crippen LogP contribution >= 0.6 is 0 Å². The maximum atomic E-state index is 9.82. The third-order valence-electron chi connectivity index (χ3n) is 3.15. The maximum absolute atomic E-state index is 9.82. The first-order chi connectivity index (χ1) is 9.86. The summed E-state index contributed by atoms with van der Waals surface area (Å²) in [5.41, 5.74) is 6.63. The van der Waals surface area contributed by atoms with E-state index in [-0.39, 0.29) is 12.0 Å². The minimum Gasteiger partial charge on any atom is -0.322 e. The molecule has 4 nitrogen and oxygen atoms in total. The summed E-state index contributed by atoms with van der Waals surface area (Å²) in [6.45, 7) is 7.10. The number of carbonyl (C=O) groups excluding carboxylic acids is 1. The molecular weight excluding hydrogens is 262 g/mol. The van der Waals surface area contributed by atoms with Crippen LogP contribution in [0, 0.1) is 5.92 Å². The van der Waals surface area contributed by atoms with Crippen molar-refractivity contribution in [1.82, 2.24) is 9.80 Å². The van der Waals surface area contributed by atoms with E-state index in [1.165, 1.54) is 5.56 Å². The zero-order valence-corrected chi connectivity index (χ0v) is 14.1. The molecule has 1 aromatic carbocycles. The predicted octanol–water partition coefficient (Wildman–Crippen LogP) is 1.85. The minimum atomic E-state index is -0.278. The number of aldehydes is 1. The lowest BCUT2D eigenvalue weighted by Gasteiger charge is -2.19. The smallest absolute Gasteiger partial charge is 0.136 e. The topological polar surface area (TPSA) is 49.6 Å². The van der Waals surface area contributed by atoms with Gasteiger partial charge in [-0.25, -0.2) is 0 Å². The molecule has 1 atom stereocenters. The standard InChI is InChI=1S/C12H20N2.C5H11NO/c1-13(2)9-10-14(3)11-12-7-5-4-6-8-12;1-4(2)5(6)3-7/h4-8H,9-11H2,1-3H3;3-5H,6H2,1-2H3. The van der Waals surface area contributed by atoms with Gasteiger partial charge in [-0.15, -0.1) is 0 Å². The summed E-state index contributed by atoms with van der Waals surface area (Å²) in [7, 11) is 6.38. The number of rotatable bonds is 7. The van der Waals surface area contributed by atoms with Gasteiger partial charge >= 0.3 is 0 Å². The molecule has 0 heterocycles. The average Bonchev–Trinajstić information content (AvgIpc) is 2.46. The van der Waals surface area contributed by atoms with Gasteiger partial charge in [0.25, 0.3) is 0 Å². The van der Waals surface area contributed by atoms with Crippen LogP contribution in [0.3, 0.4) is 0 Å². The van der Waals surface area contributed by atoms with Gasteiger partial charge in [0.15, 0.2) is 0 Å². The summed E-state index contributed by atoms with van der Waals surface area (Å²) in [4.78, 5) is 14.4. The van der Waals surface area contributed by atoms with Crippen LogP contribution in [0.1, 0.15) is 19.4 Å². The number of likely N-dealkylation sites (N-methyl/N-ethyl adjacent to an activating group) is 2. The van der Waals surface area contributed by atoms with E-state index in [0.29, 0.717) is 0 Å². The molecule has 0 spiro atoms. The van der Waals surface area contributed by atoms with Crippen molar-refractivity contribution in [2.45, 2.75) is 26.4 Å². The van der Waals surface area contributed by atoms with Crippen LogP contribution in [-0.4, -0.2) is 56.4 Å². The number of hydrogen-bond acceptors (Lipinski definition) is 4. The van der Waals surface area contributed by atoms with Crippen molar-refractivity contribution in [1.29, 1.82) is 0 Å². The molecule has 0 aliphatic rings. The molecule has 1 rings (SSSR count). The molecule has 0 radical (unpaired) electrons. The lowest BCUT2D eigenvalue weighted by atomic mass is 10.1. The van der Waals surface area contributed by atoms with Crippen molar-refractivity contribution < 1.29 is 4.79 Å². The quantitative estimate of drug-likeness (QED) is 0.780. The molecular formula is C17H31N3O. The summed E-state index contributed by atoms with van der Waals surface area (Å²) in [6.07, 6.45) is 0.769. The van der Waals surface area contributed by atoms with Gasteiger partial charge in [-0.05, 0) is 32.6 Å². The molecule has 120 valence electrons. The Morgan fingerprint density at radius 2 is 1.67 bits per heavy atom. The second kappa shape index (κ2) is 11.4. The van der Waals surface area contributed by atoms with Crippen LogP contribution in [0.2, 0.25) is 0 Å². The Morgan fingerprint density at radius 3 is 2.05 bits per heavy atom. The fourth-order valence-corrected chi connectivity index (χ4v) is 1.50. The summed E-state index contributed by atoms with van der Waals surface area (Å²) < 4.78 is 0. The van der Waals surface area contributed by atoms with E-state index in [1.54, 1.807) is 0 Å². The van der Waals surface area contributed by atoms with Crippen molar-refractivity contribution in [2.75, 3.05) is 34.2 Å². The van der Waals surface area contributed by atoms with Gasteiger partial charge in [-0.1, -0.05) is 44.2 Å². The molecule has 1 unspecified atom stereocenters. The molecule has 0 aromatic heterocycles. The molecule has 1 aromatic rings. The molecule has 0 saturated heterocycles. The van der Waals surface area contributed by atoms with Gasteiger partial charge in [0.2, 0.25) is 0 Å². The van der Waals surface area contributed by atoms with Crippen molar-refractivity contribution in [3.8, 4) is 0 Å². The monoisotopic (exact) mass is 293 g/mol. The largest absolute Gasteiger partial charge is 0.322 e. The minimum absolute atomic E-state index is 0.275. The second-order valence-corrected chi connectivity index (χ2v) is 5.98. The molecule has 0 saturated carbocycles. The van der Waals surface area contributed by atoms with Crippen LogP contribution in [-0.2, 0) is 11.3 Å². The fourth-order valence-electron chi connectivity index (χ4n) is 1.50. The second-order valence-electron chi connectivity index (χ2n) is 5.98. The van der Waals surface area contributed by atoms with Crippen LogP contribution in [0.4, 0.5) is 0 Å². The van der Waals surface area contributed by atoms with Crippen molar-refractivity contribution in [2.24, 2.45) is 11.7 Å². The Balaban J connectivity index is 0.000000486. The van der Waals surface area contributed by atoms with E-state index in [2.05, 4.69) is 61.3 Å². The lowest BCUT2D eigenvalue weighted by molar-refractivity contribution is -0.109. The fraction of sp³-hybridized carbons (Fsp3) is 0.588. The molecule has 2 N–H and O–H groups in total. The first-order valence-electron chi connectivity index (χ1n) is 7.44.